The van der Waals surface area contributed by atoms with Gasteiger partial charge in [0.15, 0.2) is 0 Å². The Bertz CT molecular complexity index is 917. The summed E-state index contributed by atoms with van der Waals surface area (Å²) in [5.74, 6) is 0.481. The van der Waals surface area contributed by atoms with Crippen LogP contribution in [0.25, 0.3) is 0 Å². The number of nitrogens with one attached hydrogen (secondary N) is 2. The first-order valence-corrected chi connectivity index (χ1v) is 10.2. The molecule has 148 valence electrons. The largest absolute Gasteiger partial charge is 0.372 e. The fourth-order valence-corrected chi connectivity index (χ4v) is 3.58. The zero-order valence-corrected chi connectivity index (χ0v) is 16.5. The van der Waals surface area contributed by atoms with Gasteiger partial charge in [0.2, 0.25) is 5.91 Å². The van der Waals surface area contributed by atoms with Gasteiger partial charge in [-0.1, -0.05) is 30.3 Å². The van der Waals surface area contributed by atoms with Gasteiger partial charge in [-0.2, -0.15) is 0 Å². The average Bonchev–Trinajstić information content (AvgIpc) is 2.77. The molecular weight excluding hydrogens is 360 g/mol. The third-order valence-electron chi connectivity index (χ3n) is 5.12. The highest BCUT2D eigenvalue weighted by molar-refractivity contribution is 5.91. The van der Waals surface area contributed by atoms with Crippen LogP contribution in [0.4, 0.5) is 22.9 Å². The molecule has 1 aliphatic rings. The molecule has 1 aliphatic heterocycles. The monoisotopic (exact) mass is 386 g/mol. The number of piperidine rings is 1. The smallest absolute Gasteiger partial charge is 0.229 e. The number of carbonyl (C=O) groups excluding carboxylic acids is 1. The van der Waals surface area contributed by atoms with E-state index in [4.69, 9.17) is 0 Å². The molecule has 0 saturated carbocycles. The molecule has 1 amide bonds. The van der Waals surface area contributed by atoms with Crippen LogP contribution in [0.2, 0.25) is 0 Å². The molecule has 0 atom stereocenters. The van der Waals surface area contributed by atoms with Gasteiger partial charge in [-0.3, -0.25) is 4.79 Å². The molecule has 29 heavy (non-hydrogen) atoms. The van der Waals surface area contributed by atoms with Crippen molar-refractivity contribution in [3.63, 3.8) is 0 Å². The normalized spacial score (nSPS) is 13.7. The maximum absolute atomic E-state index is 12.1. The van der Waals surface area contributed by atoms with E-state index in [0.29, 0.717) is 12.2 Å². The summed E-state index contributed by atoms with van der Waals surface area (Å²) in [5.41, 5.74) is 4.17. The van der Waals surface area contributed by atoms with Crippen LogP contribution in [0.1, 0.15) is 24.8 Å². The molecule has 2 N–H and O–H groups in total. The number of nitrogens with zero attached hydrogens (tertiary/aromatic N) is 2. The van der Waals surface area contributed by atoms with Gasteiger partial charge in [0.25, 0.3) is 0 Å². The third kappa shape index (κ3) is 5.35. The molecule has 0 bridgehead atoms. The van der Waals surface area contributed by atoms with Crippen LogP contribution >= 0.6 is 0 Å². The second kappa shape index (κ2) is 9.24. The summed E-state index contributed by atoms with van der Waals surface area (Å²) in [6.07, 6.45) is 5.97. The van der Waals surface area contributed by atoms with Crippen molar-refractivity contribution in [1.82, 2.24) is 4.98 Å². The number of carbonyl (C=O) groups is 1. The topological polar surface area (TPSA) is 57.3 Å². The molecule has 0 radical (unpaired) electrons. The lowest BCUT2D eigenvalue weighted by atomic mass is 10.1. The first-order valence-electron chi connectivity index (χ1n) is 10.2. The van der Waals surface area contributed by atoms with Crippen LogP contribution < -0.4 is 15.5 Å². The Morgan fingerprint density at radius 1 is 0.862 bits per heavy atom. The maximum Gasteiger partial charge on any atom is 0.229 e. The molecule has 5 heteroatoms. The first kappa shape index (κ1) is 19.0. The molecule has 2 aromatic carbocycles. The number of hydrogen-bond acceptors (Lipinski definition) is 4. The molecule has 1 fully saturated rings. The van der Waals surface area contributed by atoms with Gasteiger partial charge >= 0.3 is 0 Å². The van der Waals surface area contributed by atoms with Crippen molar-refractivity contribution in [2.75, 3.05) is 28.6 Å². The number of benzene rings is 2. The summed E-state index contributed by atoms with van der Waals surface area (Å²) >= 11 is 0. The number of pyridine rings is 1. The zero-order chi connectivity index (χ0) is 19.9. The van der Waals surface area contributed by atoms with Crippen molar-refractivity contribution in [2.24, 2.45) is 0 Å². The standard InChI is InChI=1S/C24H26N4O/c29-24(17-19-7-3-1-4-8-19)27-23-14-11-21(18-25-23)26-20-9-12-22(13-10-20)28-15-5-2-6-16-28/h1,3-4,7-14,18,26H,2,5-6,15-17H2,(H,25,27,29). The fraction of sp³-hybridized carbons (Fsp3) is 0.250. The fourth-order valence-electron chi connectivity index (χ4n) is 3.58. The Morgan fingerprint density at radius 2 is 1.59 bits per heavy atom. The number of aromatic nitrogens is 1. The van der Waals surface area contributed by atoms with Crippen LogP contribution in [0.3, 0.4) is 0 Å². The maximum atomic E-state index is 12.1. The minimum absolute atomic E-state index is 0.0716. The van der Waals surface area contributed by atoms with Crippen LogP contribution in [0.5, 0.6) is 0 Å². The van der Waals surface area contributed by atoms with Crippen LogP contribution in [-0.2, 0) is 11.2 Å². The van der Waals surface area contributed by atoms with Gasteiger partial charge < -0.3 is 15.5 Å². The molecular formula is C24H26N4O. The van der Waals surface area contributed by atoms with E-state index in [-0.39, 0.29) is 5.91 Å². The highest BCUT2D eigenvalue weighted by Gasteiger charge is 2.10. The highest BCUT2D eigenvalue weighted by atomic mass is 16.1. The number of hydrogen-bond donors (Lipinski definition) is 2. The minimum atomic E-state index is -0.0716. The van der Waals surface area contributed by atoms with E-state index in [1.165, 1.54) is 24.9 Å². The molecule has 0 spiro atoms. The Balaban J connectivity index is 1.31. The summed E-state index contributed by atoms with van der Waals surface area (Å²) in [7, 11) is 0. The van der Waals surface area contributed by atoms with E-state index >= 15 is 0 Å². The Hall–Kier alpha value is -3.34. The van der Waals surface area contributed by atoms with E-state index < -0.39 is 0 Å². The first-order chi connectivity index (χ1) is 14.3. The lowest BCUT2D eigenvalue weighted by Crippen LogP contribution is -2.29. The molecule has 1 saturated heterocycles. The second-order valence-electron chi connectivity index (χ2n) is 7.36. The predicted molar refractivity (Wildman–Crippen MR) is 119 cm³/mol. The molecule has 0 unspecified atom stereocenters. The van der Waals surface area contributed by atoms with E-state index in [0.717, 1.165) is 30.0 Å². The molecule has 1 aromatic heterocycles. The van der Waals surface area contributed by atoms with Crippen LogP contribution in [0.15, 0.2) is 72.9 Å². The van der Waals surface area contributed by atoms with E-state index in [2.05, 4.69) is 44.8 Å². The summed E-state index contributed by atoms with van der Waals surface area (Å²) in [5, 5.41) is 6.20. The predicted octanol–water partition coefficient (Wildman–Crippen LogP) is 5.00. The van der Waals surface area contributed by atoms with Crippen LogP contribution in [0, 0.1) is 0 Å². The Labute approximate surface area is 171 Å². The average molecular weight is 386 g/mol. The van der Waals surface area contributed by atoms with Gasteiger partial charge in [-0.15, -0.1) is 0 Å². The quantitative estimate of drug-likeness (QED) is 0.626. The van der Waals surface area contributed by atoms with Crippen molar-refractivity contribution in [3.05, 3.63) is 78.5 Å². The second-order valence-corrected chi connectivity index (χ2v) is 7.36. The summed E-state index contributed by atoms with van der Waals surface area (Å²) in [4.78, 5) is 18.9. The molecule has 2 heterocycles. The van der Waals surface area contributed by atoms with Crippen molar-refractivity contribution < 1.29 is 4.79 Å². The van der Waals surface area contributed by atoms with E-state index in [1.807, 2.05) is 42.5 Å². The summed E-state index contributed by atoms with van der Waals surface area (Å²) in [6, 6.07) is 21.9. The van der Waals surface area contributed by atoms with E-state index in [9.17, 15) is 4.79 Å². The van der Waals surface area contributed by atoms with Crippen molar-refractivity contribution in [1.29, 1.82) is 0 Å². The third-order valence-corrected chi connectivity index (χ3v) is 5.12. The van der Waals surface area contributed by atoms with Crippen LogP contribution in [-0.4, -0.2) is 24.0 Å². The lowest BCUT2D eigenvalue weighted by molar-refractivity contribution is -0.115. The lowest BCUT2D eigenvalue weighted by Gasteiger charge is -2.28. The van der Waals surface area contributed by atoms with Crippen molar-refractivity contribution in [3.8, 4) is 0 Å². The van der Waals surface area contributed by atoms with Gasteiger partial charge in [-0.25, -0.2) is 4.98 Å². The molecule has 3 aromatic rings. The summed E-state index contributed by atoms with van der Waals surface area (Å²) in [6.45, 7) is 2.29. The van der Waals surface area contributed by atoms with Crippen molar-refractivity contribution >= 4 is 28.8 Å². The highest BCUT2D eigenvalue weighted by Crippen LogP contribution is 2.23. The molecule has 5 nitrogen and oxygen atoms in total. The molecule has 0 aliphatic carbocycles. The van der Waals surface area contributed by atoms with E-state index in [1.54, 1.807) is 6.20 Å². The minimum Gasteiger partial charge on any atom is -0.372 e. The Morgan fingerprint density at radius 3 is 2.28 bits per heavy atom. The van der Waals surface area contributed by atoms with Gasteiger partial charge in [-0.05, 0) is 61.2 Å². The number of anilines is 4. The zero-order valence-electron chi connectivity index (χ0n) is 16.5. The van der Waals surface area contributed by atoms with Gasteiger partial charge in [0.1, 0.15) is 5.82 Å². The molecule has 4 rings (SSSR count). The van der Waals surface area contributed by atoms with Crippen molar-refractivity contribution in [2.45, 2.75) is 25.7 Å². The SMILES string of the molecule is O=C(Cc1ccccc1)Nc1ccc(Nc2ccc(N3CCCCC3)cc2)cn1. The Kier molecular flexibility index (Phi) is 6.05. The number of amides is 1. The summed E-state index contributed by atoms with van der Waals surface area (Å²) < 4.78 is 0. The number of rotatable bonds is 6. The van der Waals surface area contributed by atoms with Gasteiger partial charge in [0.05, 0.1) is 18.3 Å². The van der Waals surface area contributed by atoms with Gasteiger partial charge in [0, 0.05) is 24.5 Å².